The molecule has 0 amide bonds. The Bertz CT molecular complexity index is 348. The van der Waals surface area contributed by atoms with Crippen LogP contribution < -0.4 is 0 Å². The highest BCUT2D eigenvalue weighted by atomic mass is 16.6. The van der Waals surface area contributed by atoms with Gasteiger partial charge in [0.25, 0.3) is 0 Å². The number of esters is 1. The minimum Gasteiger partial charge on any atom is -0.410 e. The second-order valence-electron chi connectivity index (χ2n) is 6.12. The summed E-state index contributed by atoms with van der Waals surface area (Å²) in [5.41, 5.74) is -0.472. The van der Waals surface area contributed by atoms with Crippen LogP contribution in [0.4, 0.5) is 0 Å². The third-order valence-electron chi connectivity index (χ3n) is 4.79. The Labute approximate surface area is 109 Å². The van der Waals surface area contributed by atoms with Gasteiger partial charge in [0.05, 0.1) is 0 Å². The number of nitrogens with zero attached hydrogens (tertiary/aromatic N) is 1. The maximum Gasteiger partial charge on any atom is 0.340 e. The number of rotatable bonds is 1. The van der Waals surface area contributed by atoms with Crippen molar-refractivity contribution in [2.75, 3.05) is 0 Å². The van der Waals surface area contributed by atoms with Crippen molar-refractivity contribution in [1.82, 2.24) is 0 Å². The second-order valence-corrected chi connectivity index (χ2v) is 6.12. The van der Waals surface area contributed by atoms with Crippen molar-refractivity contribution >= 4 is 11.9 Å². The van der Waals surface area contributed by atoms with E-state index in [4.69, 9.17) is 9.73 Å². The fraction of sp³-hybridized carbons (Fsp3) is 0.867. The molecule has 2 fully saturated rings. The molecule has 0 aromatic rings. The molecule has 3 rings (SSSR count). The summed E-state index contributed by atoms with van der Waals surface area (Å²) in [7, 11) is 0. The van der Waals surface area contributed by atoms with Crippen LogP contribution in [0.25, 0.3) is 0 Å². The summed E-state index contributed by atoms with van der Waals surface area (Å²) in [6, 6.07) is 0. The fourth-order valence-corrected chi connectivity index (χ4v) is 3.62. The summed E-state index contributed by atoms with van der Waals surface area (Å²) < 4.78 is 5.56. The molecule has 2 aliphatic carbocycles. The molecule has 100 valence electrons. The van der Waals surface area contributed by atoms with Gasteiger partial charge in [0.1, 0.15) is 0 Å². The van der Waals surface area contributed by atoms with Gasteiger partial charge in [-0.05, 0) is 25.7 Å². The van der Waals surface area contributed by atoms with Gasteiger partial charge in [-0.15, -0.1) is 0 Å². The lowest BCUT2D eigenvalue weighted by atomic mass is 9.82. The molecule has 3 aliphatic rings. The van der Waals surface area contributed by atoms with Crippen molar-refractivity contribution in [3.63, 3.8) is 0 Å². The Morgan fingerprint density at radius 2 is 1.56 bits per heavy atom. The molecule has 0 aromatic carbocycles. The van der Waals surface area contributed by atoms with Crippen LogP contribution >= 0.6 is 0 Å². The third-order valence-corrected chi connectivity index (χ3v) is 4.79. The van der Waals surface area contributed by atoms with Crippen LogP contribution in [0.15, 0.2) is 4.99 Å². The van der Waals surface area contributed by atoms with E-state index < -0.39 is 5.54 Å². The summed E-state index contributed by atoms with van der Waals surface area (Å²) in [5, 5.41) is 0. The van der Waals surface area contributed by atoms with Crippen molar-refractivity contribution in [2.45, 2.75) is 76.2 Å². The first-order valence-corrected chi connectivity index (χ1v) is 7.62. The maximum absolute atomic E-state index is 12.2. The molecule has 0 unspecified atom stereocenters. The van der Waals surface area contributed by atoms with E-state index in [-0.39, 0.29) is 5.97 Å². The molecule has 0 atom stereocenters. The quantitative estimate of drug-likeness (QED) is 0.526. The largest absolute Gasteiger partial charge is 0.410 e. The van der Waals surface area contributed by atoms with E-state index in [0.29, 0.717) is 5.92 Å². The van der Waals surface area contributed by atoms with Gasteiger partial charge in [0, 0.05) is 5.92 Å². The van der Waals surface area contributed by atoms with Gasteiger partial charge >= 0.3 is 5.97 Å². The lowest BCUT2D eigenvalue weighted by Gasteiger charge is -2.25. The Kier molecular flexibility index (Phi) is 3.40. The highest BCUT2D eigenvalue weighted by Gasteiger charge is 2.47. The highest BCUT2D eigenvalue weighted by Crippen LogP contribution is 2.38. The smallest absolute Gasteiger partial charge is 0.340 e. The van der Waals surface area contributed by atoms with Gasteiger partial charge in [-0.3, -0.25) is 0 Å². The molecule has 2 saturated carbocycles. The van der Waals surface area contributed by atoms with Gasteiger partial charge in [-0.25, -0.2) is 9.79 Å². The van der Waals surface area contributed by atoms with Crippen LogP contribution in [0.2, 0.25) is 0 Å². The number of cyclic esters (lactones) is 1. The van der Waals surface area contributed by atoms with E-state index >= 15 is 0 Å². The molecule has 1 spiro atoms. The number of aliphatic imine (C=N–C) groups is 1. The number of hydrogen-bond donors (Lipinski definition) is 0. The van der Waals surface area contributed by atoms with E-state index in [9.17, 15) is 4.79 Å². The zero-order valence-corrected chi connectivity index (χ0v) is 11.1. The van der Waals surface area contributed by atoms with E-state index in [0.717, 1.165) is 44.4 Å². The summed E-state index contributed by atoms with van der Waals surface area (Å²) in [4.78, 5) is 16.9. The molecule has 3 nitrogen and oxygen atoms in total. The predicted molar refractivity (Wildman–Crippen MR) is 70.5 cm³/mol. The Morgan fingerprint density at radius 3 is 2.22 bits per heavy atom. The first-order valence-electron chi connectivity index (χ1n) is 7.62. The molecular formula is C15H23NO2. The summed E-state index contributed by atoms with van der Waals surface area (Å²) >= 11 is 0. The molecule has 0 saturated heterocycles. The van der Waals surface area contributed by atoms with Crippen LogP contribution in [0.5, 0.6) is 0 Å². The van der Waals surface area contributed by atoms with Crippen molar-refractivity contribution in [3.05, 3.63) is 0 Å². The lowest BCUT2D eigenvalue weighted by molar-refractivity contribution is -0.140. The van der Waals surface area contributed by atoms with Crippen LogP contribution in [-0.4, -0.2) is 17.4 Å². The first-order chi connectivity index (χ1) is 8.80. The van der Waals surface area contributed by atoms with E-state index in [1.807, 2.05) is 0 Å². The maximum atomic E-state index is 12.2. The molecular weight excluding hydrogens is 226 g/mol. The average molecular weight is 249 g/mol. The number of hydrogen-bond acceptors (Lipinski definition) is 3. The third kappa shape index (κ3) is 2.19. The van der Waals surface area contributed by atoms with Gasteiger partial charge in [0.15, 0.2) is 11.4 Å². The molecule has 0 bridgehead atoms. The monoisotopic (exact) mass is 249 g/mol. The molecule has 0 radical (unpaired) electrons. The fourth-order valence-electron chi connectivity index (χ4n) is 3.62. The summed E-state index contributed by atoms with van der Waals surface area (Å²) in [6.45, 7) is 0. The van der Waals surface area contributed by atoms with Gasteiger partial charge in [0.2, 0.25) is 0 Å². The molecule has 18 heavy (non-hydrogen) atoms. The van der Waals surface area contributed by atoms with Gasteiger partial charge in [-0.2, -0.15) is 0 Å². The van der Waals surface area contributed by atoms with Crippen molar-refractivity contribution in [3.8, 4) is 0 Å². The Morgan fingerprint density at radius 1 is 0.944 bits per heavy atom. The molecule has 0 aromatic heterocycles. The molecule has 1 aliphatic heterocycles. The zero-order valence-electron chi connectivity index (χ0n) is 11.1. The Balaban J connectivity index is 1.76. The van der Waals surface area contributed by atoms with Crippen LogP contribution in [-0.2, 0) is 9.53 Å². The normalized spacial score (nSPS) is 28.9. The predicted octanol–water partition coefficient (Wildman–Crippen LogP) is 3.62. The van der Waals surface area contributed by atoms with E-state index in [1.54, 1.807) is 0 Å². The Hall–Kier alpha value is -0.860. The molecule has 3 heteroatoms. The van der Waals surface area contributed by atoms with E-state index in [1.165, 1.54) is 32.1 Å². The topological polar surface area (TPSA) is 38.7 Å². The molecule has 1 heterocycles. The highest BCUT2D eigenvalue weighted by molar-refractivity contribution is 6.00. The van der Waals surface area contributed by atoms with Crippen molar-refractivity contribution < 1.29 is 9.53 Å². The van der Waals surface area contributed by atoms with E-state index in [2.05, 4.69) is 0 Å². The molecule has 0 N–H and O–H groups in total. The number of carbonyl (C=O) groups excluding carboxylic acids is 1. The SMILES string of the molecule is O=C1OC(C2CCCCCC2)=NC12CCCCC2. The number of carbonyl (C=O) groups is 1. The lowest BCUT2D eigenvalue weighted by Crippen LogP contribution is -2.35. The first kappa shape index (κ1) is 12.2. The van der Waals surface area contributed by atoms with Crippen molar-refractivity contribution in [2.24, 2.45) is 10.9 Å². The number of ether oxygens (including phenoxy) is 1. The second kappa shape index (κ2) is 5.02. The minimum atomic E-state index is -0.472. The standard InChI is InChI=1S/C15H23NO2/c17-14-15(10-6-3-7-11-15)16-13(18-14)12-8-4-1-2-5-9-12/h12H,1-11H2. The summed E-state index contributed by atoms with van der Waals surface area (Å²) in [5.74, 6) is 1.14. The van der Waals surface area contributed by atoms with Gasteiger partial charge < -0.3 is 4.74 Å². The van der Waals surface area contributed by atoms with Crippen LogP contribution in [0.3, 0.4) is 0 Å². The van der Waals surface area contributed by atoms with Gasteiger partial charge in [-0.1, -0.05) is 44.9 Å². The van der Waals surface area contributed by atoms with Crippen LogP contribution in [0, 0.1) is 5.92 Å². The van der Waals surface area contributed by atoms with Crippen molar-refractivity contribution in [1.29, 1.82) is 0 Å². The van der Waals surface area contributed by atoms with Crippen LogP contribution in [0.1, 0.15) is 70.6 Å². The zero-order chi connectivity index (χ0) is 12.4. The average Bonchev–Trinajstić information content (AvgIpc) is 2.62. The summed E-state index contributed by atoms with van der Waals surface area (Å²) in [6.07, 6.45) is 12.8. The minimum absolute atomic E-state index is 0.0542.